The third kappa shape index (κ3) is 1.32. The minimum Gasteiger partial charge on any atom is -0.134 e. The van der Waals surface area contributed by atoms with Gasteiger partial charge in [-0.1, -0.05) is 24.3 Å². The Balaban J connectivity index is 2.66. The summed E-state index contributed by atoms with van der Waals surface area (Å²) in [5.74, 6) is 0. The van der Waals surface area contributed by atoms with Crippen molar-refractivity contribution in [1.82, 2.24) is 0 Å². The van der Waals surface area contributed by atoms with Gasteiger partial charge in [-0.25, -0.2) is 0 Å². The standard InChI is InChI=1S/C13H9BrS/c1-8-6-7-10(14)13-12(8)9-4-2-3-5-11(9)15-13/h2-7H,1H3. The summed E-state index contributed by atoms with van der Waals surface area (Å²) >= 11 is 5.48. The molecule has 3 rings (SSSR count). The van der Waals surface area contributed by atoms with E-state index in [4.69, 9.17) is 0 Å². The van der Waals surface area contributed by atoms with Crippen LogP contribution in [0.2, 0.25) is 0 Å². The van der Waals surface area contributed by atoms with E-state index in [0.717, 1.165) is 0 Å². The van der Waals surface area contributed by atoms with E-state index in [2.05, 4.69) is 59.3 Å². The lowest BCUT2D eigenvalue weighted by Crippen LogP contribution is -1.74. The van der Waals surface area contributed by atoms with Gasteiger partial charge in [0.15, 0.2) is 0 Å². The Bertz CT molecular complexity index is 652. The van der Waals surface area contributed by atoms with Gasteiger partial charge < -0.3 is 0 Å². The largest absolute Gasteiger partial charge is 0.134 e. The third-order valence-electron chi connectivity index (χ3n) is 2.69. The fourth-order valence-electron chi connectivity index (χ4n) is 1.96. The maximum Gasteiger partial charge on any atom is 0.0500 e. The SMILES string of the molecule is Cc1ccc(Br)c2sc3ccccc3c12. The number of rotatable bonds is 0. The van der Waals surface area contributed by atoms with Crippen LogP contribution in [0.3, 0.4) is 0 Å². The molecule has 0 bridgehead atoms. The molecule has 0 nitrogen and oxygen atoms in total. The number of benzene rings is 2. The van der Waals surface area contributed by atoms with E-state index in [-0.39, 0.29) is 0 Å². The van der Waals surface area contributed by atoms with Crippen LogP contribution in [0.5, 0.6) is 0 Å². The smallest absolute Gasteiger partial charge is 0.0500 e. The molecule has 2 heteroatoms. The highest BCUT2D eigenvalue weighted by atomic mass is 79.9. The predicted molar refractivity (Wildman–Crippen MR) is 71.8 cm³/mol. The van der Waals surface area contributed by atoms with Crippen LogP contribution in [0, 0.1) is 6.92 Å². The highest BCUT2D eigenvalue weighted by Gasteiger charge is 2.08. The predicted octanol–water partition coefficient (Wildman–Crippen LogP) is 5.13. The normalized spacial score (nSPS) is 11.3. The van der Waals surface area contributed by atoms with E-state index < -0.39 is 0 Å². The van der Waals surface area contributed by atoms with Gasteiger partial charge in [0.25, 0.3) is 0 Å². The fraction of sp³-hybridized carbons (Fsp3) is 0.0769. The second kappa shape index (κ2) is 3.32. The van der Waals surface area contributed by atoms with Crippen LogP contribution in [-0.4, -0.2) is 0 Å². The first-order valence-corrected chi connectivity index (χ1v) is 6.44. The van der Waals surface area contributed by atoms with Crippen LogP contribution >= 0.6 is 27.3 Å². The van der Waals surface area contributed by atoms with E-state index >= 15 is 0 Å². The molecule has 0 unspecified atom stereocenters. The van der Waals surface area contributed by atoms with Crippen LogP contribution in [0.1, 0.15) is 5.56 Å². The average Bonchev–Trinajstić information content (AvgIpc) is 2.64. The molecule has 0 amide bonds. The molecule has 0 N–H and O–H groups in total. The quantitative estimate of drug-likeness (QED) is 0.534. The summed E-state index contributed by atoms with van der Waals surface area (Å²) in [6, 6.07) is 12.9. The number of hydrogen-bond acceptors (Lipinski definition) is 1. The van der Waals surface area contributed by atoms with Crippen molar-refractivity contribution in [2.45, 2.75) is 6.92 Å². The first kappa shape index (κ1) is 9.37. The number of hydrogen-bond donors (Lipinski definition) is 0. The fourth-order valence-corrected chi connectivity index (χ4v) is 3.72. The molecular weight excluding hydrogens is 268 g/mol. The molecular formula is C13H9BrS. The van der Waals surface area contributed by atoms with Crippen molar-refractivity contribution in [3.8, 4) is 0 Å². The maximum atomic E-state index is 3.62. The molecule has 0 radical (unpaired) electrons. The molecule has 2 aromatic carbocycles. The zero-order valence-corrected chi connectivity index (χ0v) is 10.7. The molecule has 74 valence electrons. The molecule has 0 aliphatic rings. The van der Waals surface area contributed by atoms with Crippen LogP contribution < -0.4 is 0 Å². The van der Waals surface area contributed by atoms with E-state index in [1.807, 2.05) is 11.3 Å². The summed E-state index contributed by atoms with van der Waals surface area (Å²) < 4.78 is 3.92. The van der Waals surface area contributed by atoms with Crippen molar-refractivity contribution in [3.63, 3.8) is 0 Å². The topological polar surface area (TPSA) is 0 Å². The molecule has 0 saturated heterocycles. The zero-order chi connectivity index (χ0) is 10.4. The molecule has 0 saturated carbocycles. The van der Waals surface area contributed by atoms with Crippen molar-refractivity contribution in [1.29, 1.82) is 0 Å². The zero-order valence-electron chi connectivity index (χ0n) is 8.25. The Hall–Kier alpha value is -0.860. The van der Waals surface area contributed by atoms with Gasteiger partial charge in [-0.15, -0.1) is 11.3 Å². The number of halogens is 1. The van der Waals surface area contributed by atoms with Crippen molar-refractivity contribution in [2.24, 2.45) is 0 Å². The van der Waals surface area contributed by atoms with Gasteiger partial charge in [-0.3, -0.25) is 0 Å². The maximum absolute atomic E-state index is 3.62. The van der Waals surface area contributed by atoms with Gasteiger partial charge >= 0.3 is 0 Å². The van der Waals surface area contributed by atoms with Gasteiger partial charge in [0.05, 0.1) is 0 Å². The molecule has 0 aliphatic carbocycles. The van der Waals surface area contributed by atoms with Gasteiger partial charge in [0.1, 0.15) is 0 Å². The molecule has 1 aromatic heterocycles. The average molecular weight is 277 g/mol. The summed E-state index contributed by atoms with van der Waals surface area (Å²) in [6.45, 7) is 2.17. The Morgan fingerprint density at radius 2 is 1.87 bits per heavy atom. The summed E-state index contributed by atoms with van der Waals surface area (Å²) in [4.78, 5) is 0. The van der Waals surface area contributed by atoms with Crippen molar-refractivity contribution in [3.05, 3.63) is 46.4 Å². The van der Waals surface area contributed by atoms with E-state index in [9.17, 15) is 0 Å². The molecule has 0 aliphatic heterocycles. The lowest BCUT2D eigenvalue weighted by atomic mass is 10.1. The van der Waals surface area contributed by atoms with Gasteiger partial charge in [0.2, 0.25) is 0 Å². The summed E-state index contributed by atoms with van der Waals surface area (Å²) in [6.07, 6.45) is 0. The highest BCUT2D eigenvalue weighted by molar-refractivity contribution is 9.10. The Morgan fingerprint density at radius 3 is 2.73 bits per heavy atom. The first-order valence-electron chi connectivity index (χ1n) is 4.84. The molecule has 0 spiro atoms. The molecule has 0 atom stereocenters. The highest BCUT2D eigenvalue weighted by Crippen LogP contribution is 2.39. The Kier molecular flexibility index (Phi) is 2.08. The van der Waals surface area contributed by atoms with E-state index in [1.165, 1.54) is 30.2 Å². The minimum atomic E-state index is 1.20. The monoisotopic (exact) mass is 276 g/mol. The van der Waals surface area contributed by atoms with Gasteiger partial charge in [-0.05, 0) is 40.5 Å². The minimum absolute atomic E-state index is 1.20. The van der Waals surface area contributed by atoms with Gasteiger partial charge in [0, 0.05) is 24.6 Å². The second-order valence-corrected chi connectivity index (χ2v) is 5.57. The van der Waals surface area contributed by atoms with Crippen LogP contribution in [0.15, 0.2) is 40.9 Å². The second-order valence-electron chi connectivity index (χ2n) is 3.67. The van der Waals surface area contributed by atoms with Crippen molar-refractivity contribution >= 4 is 47.4 Å². The molecule has 1 heterocycles. The Morgan fingerprint density at radius 1 is 1.07 bits per heavy atom. The lowest BCUT2D eigenvalue weighted by molar-refractivity contribution is 1.54. The molecule has 15 heavy (non-hydrogen) atoms. The van der Waals surface area contributed by atoms with Gasteiger partial charge in [-0.2, -0.15) is 0 Å². The molecule has 0 fully saturated rings. The summed E-state index contributed by atoms with van der Waals surface area (Å²) in [7, 11) is 0. The number of thiophene rings is 1. The van der Waals surface area contributed by atoms with Crippen molar-refractivity contribution < 1.29 is 0 Å². The Labute approximate surface area is 101 Å². The van der Waals surface area contributed by atoms with E-state index in [0.29, 0.717) is 0 Å². The summed E-state index contributed by atoms with van der Waals surface area (Å²) in [5.41, 5.74) is 1.35. The lowest BCUT2D eigenvalue weighted by Gasteiger charge is -1.98. The van der Waals surface area contributed by atoms with Crippen LogP contribution in [-0.2, 0) is 0 Å². The third-order valence-corrected chi connectivity index (χ3v) is 4.81. The summed E-state index contributed by atoms with van der Waals surface area (Å²) in [5, 5.41) is 2.77. The van der Waals surface area contributed by atoms with Crippen molar-refractivity contribution in [2.75, 3.05) is 0 Å². The van der Waals surface area contributed by atoms with Crippen LogP contribution in [0.4, 0.5) is 0 Å². The van der Waals surface area contributed by atoms with E-state index in [1.54, 1.807) is 0 Å². The number of aryl methyl sites for hydroxylation is 1. The first-order chi connectivity index (χ1) is 7.27. The number of fused-ring (bicyclic) bond motifs is 3. The van der Waals surface area contributed by atoms with Crippen LogP contribution in [0.25, 0.3) is 20.2 Å². The molecule has 3 aromatic rings.